The third-order valence-electron chi connectivity index (χ3n) is 4.32. The molecule has 0 spiro atoms. The lowest BCUT2D eigenvalue weighted by molar-refractivity contribution is 0.540. The van der Waals surface area contributed by atoms with Crippen LogP contribution in [0.5, 0.6) is 0 Å². The van der Waals surface area contributed by atoms with Crippen molar-refractivity contribution in [3.8, 4) is 5.69 Å². The van der Waals surface area contributed by atoms with Crippen LogP contribution < -0.4 is 11.4 Å². The Bertz CT molecular complexity index is 1010. The Morgan fingerprint density at radius 3 is 2.43 bits per heavy atom. The average molecular weight is 305 g/mol. The maximum atomic E-state index is 12.7. The van der Waals surface area contributed by atoms with Crippen molar-refractivity contribution in [3.63, 3.8) is 0 Å². The predicted octanol–water partition coefficient (Wildman–Crippen LogP) is 2.14. The molecule has 1 aliphatic rings. The fourth-order valence-electron chi connectivity index (χ4n) is 3.18. The molecule has 1 heterocycles. The minimum atomic E-state index is -0.440. The Balaban J connectivity index is 1.83. The van der Waals surface area contributed by atoms with E-state index >= 15 is 0 Å². The standard InChI is InChI=1S/C18H15N3O2/c1-12-15-10-6-5-7-13(15)11-16(12)21-18(23)20(17(22)19-21)14-8-3-2-4-9-14/h2-10,16H,1,11H2,(H,19,22)/t16-/m0/s1. The fourth-order valence-corrected chi connectivity index (χ4v) is 3.18. The number of nitrogens with one attached hydrogen (secondary N) is 1. The van der Waals surface area contributed by atoms with Crippen LogP contribution in [0.15, 0.2) is 70.8 Å². The molecule has 5 heteroatoms. The molecule has 3 aromatic rings. The molecule has 1 aromatic heterocycles. The number of allylic oxidation sites excluding steroid dienone is 1. The molecule has 4 rings (SSSR count). The van der Waals surface area contributed by atoms with E-state index in [1.807, 2.05) is 30.3 Å². The Morgan fingerprint density at radius 2 is 1.70 bits per heavy atom. The molecule has 2 aromatic carbocycles. The smallest absolute Gasteiger partial charge is 0.246 e. The summed E-state index contributed by atoms with van der Waals surface area (Å²) in [5, 5.41) is 2.67. The number of aromatic nitrogens is 3. The number of para-hydroxylation sites is 1. The van der Waals surface area contributed by atoms with Gasteiger partial charge < -0.3 is 0 Å². The van der Waals surface area contributed by atoms with E-state index in [-0.39, 0.29) is 11.7 Å². The summed E-state index contributed by atoms with van der Waals surface area (Å²) in [5.41, 5.74) is 2.79. The first-order chi connectivity index (χ1) is 11.2. The van der Waals surface area contributed by atoms with Crippen LogP contribution >= 0.6 is 0 Å². The highest BCUT2D eigenvalue weighted by atomic mass is 16.2. The van der Waals surface area contributed by atoms with Gasteiger partial charge in [0.05, 0.1) is 11.7 Å². The Hall–Kier alpha value is -3.08. The first kappa shape index (κ1) is 13.6. The lowest BCUT2D eigenvalue weighted by Gasteiger charge is -2.11. The van der Waals surface area contributed by atoms with E-state index in [1.165, 1.54) is 4.68 Å². The van der Waals surface area contributed by atoms with Gasteiger partial charge in [0.1, 0.15) is 0 Å². The molecule has 23 heavy (non-hydrogen) atoms. The van der Waals surface area contributed by atoms with Gasteiger partial charge in [0.2, 0.25) is 0 Å². The van der Waals surface area contributed by atoms with Crippen LogP contribution in [-0.2, 0) is 6.42 Å². The third-order valence-corrected chi connectivity index (χ3v) is 4.32. The van der Waals surface area contributed by atoms with Crippen LogP contribution in [0.25, 0.3) is 11.3 Å². The molecule has 0 radical (unpaired) electrons. The molecular weight excluding hydrogens is 290 g/mol. The number of fused-ring (bicyclic) bond motifs is 1. The molecule has 5 nitrogen and oxygen atoms in total. The van der Waals surface area contributed by atoms with Gasteiger partial charge in [0.25, 0.3) is 0 Å². The topological polar surface area (TPSA) is 59.8 Å². The van der Waals surface area contributed by atoms with E-state index in [0.717, 1.165) is 21.3 Å². The molecule has 1 aliphatic carbocycles. The molecule has 0 saturated heterocycles. The van der Waals surface area contributed by atoms with Crippen molar-refractivity contribution in [2.45, 2.75) is 12.5 Å². The summed E-state index contributed by atoms with van der Waals surface area (Å²) >= 11 is 0. The van der Waals surface area contributed by atoms with Crippen molar-refractivity contribution in [2.24, 2.45) is 0 Å². The number of hydrogen-bond donors (Lipinski definition) is 1. The zero-order valence-electron chi connectivity index (χ0n) is 12.4. The molecule has 0 fully saturated rings. The Kier molecular flexibility index (Phi) is 2.94. The second-order valence-corrected chi connectivity index (χ2v) is 5.64. The Morgan fingerprint density at radius 1 is 1.00 bits per heavy atom. The molecule has 114 valence electrons. The van der Waals surface area contributed by atoms with E-state index < -0.39 is 5.69 Å². The first-order valence-corrected chi connectivity index (χ1v) is 7.43. The lowest BCUT2D eigenvalue weighted by Crippen LogP contribution is -2.29. The Labute approximate surface area is 132 Å². The molecule has 1 atom stereocenters. The zero-order chi connectivity index (χ0) is 16.0. The number of rotatable bonds is 2. The van der Waals surface area contributed by atoms with Crippen LogP contribution in [0.4, 0.5) is 0 Å². The summed E-state index contributed by atoms with van der Waals surface area (Å²) in [6.45, 7) is 4.12. The van der Waals surface area contributed by atoms with Gasteiger partial charge >= 0.3 is 11.4 Å². The fraction of sp³-hybridized carbons (Fsp3) is 0.111. The normalized spacial score (nSPS) is 16.5. The number of H-pyrrole nitrogens is 1. The minimum absolute atomic E-state index is 0.252. The molecule has 0 amide bonds. The van der Waals surface area contributed by atoms with Gasteiger partial charge in [-0.05, 0) is 35.3 Å². The number of nitrogens with zero attached hydrogens (tertiary/aromatic N) is 2. The van der Waals surface area contributed by atoms with Crippen LogP contribution in [-0.4, -0.2) is 14.3 Å². The highest BCUT2D eigenvalue weighted by Gasteiger charge is 2.29. The van der Waals surface area contributed by atoms with Gasteiger partial charge in [0, 0.05) is 0 Å². The van der Waals surface area contributed by atoms with Crippen LogP contribution in [0.2, 0.25) is 0 Å². The first-order valence-electron chi connectivity index (χ1n) is 7.43. The van der Waals surface area contributed by atoms with E-state index in [2.05, 4.69) is 11.7 Å². The molecule has 0 unspecified atom stereocenters. The maximum absolute atomic E-state index is 12.7. The van der Waals surface area contributed by atoms with E-state index in [0.29, 0.717) is 12.1 Å². The average Bonchev–Trinajstić information content (AvgIpc) is 3.05. The molecular formula is C18H15N3O2. The summed E-state index contributed by atoms with van der Waals surface area (Å²) in [7, 11) is 0. The molecule has 1 N–H and O–H groups in total. The van der Waals surface area contributed by atoms with Gasteiger partial charge in [-0.1, -0.05) is 49.0 Å². The highest BCUT2D eigenvalue weighted by Crippen LogP contribution is 2.37. The van der Waals surface area contributed by atoms with Crippen molar-refractivity contribution >= 4 is 5.57 Å². The SMILES string of the molecule is C=C1c2ccccc2C[C@@H]1n1[nH]c(=O)n(-c2ccccc2)c1=O. The summed E-state index contributed by atoms with van der Waals surface area (Å²) in [6.07, 6.45) is 0.656. The lowest BCUT2D eigenvalue weighted by atomic mass is 10.1. The quantitative estimate of drug-likeness (QED) is 0.788. The number of aromatic amines is 1. The van der Waals surface area contributed by atoms with Gasteiger partial charge in [-0.15, -0.1) is 0 Å². The van der Waals surface area contributed by atoms with E-state index in [9.17, 15) is 9.59 Å². The van der Waals surface area contributed by atoms with Gasteiger partial charge in [-0.2, -0.15) is 0 Å². The minimum Gasteiger partial charge on any atom is -0.246 e. The van der Waals surface area contributed by atoms with Crippen molar-refractivity contribution in [1.82, 2.24) is 14.3 Å². The van der Waals surface area contributed by atoms with E-state index in [1.54, 1.807) is 24.3 Å². The van der Waals surface area contributed by atoms with Gasteiger partial charge in [-0.3, -0.25) is 0 Å². The molecule has 0 bridgehead atoms. The number of hydrogen-bond acceptors (Lipinski definition) is 2. The van der Waals surface area contributed by atoms with Crippen molar-refractivity contribution in [2.75, 3.05) is 0 Å². The van der Waals surface area contributed by atoms with Crippen molar-refractivity contribution < 1.29 is 0 Å². The zero-order valence-corrected chi connectivity index (χ0v) is 12.4. The van der Waals surface area contributed by atoms with Crippen LogP contribution in [0, 0.1) is 0 Å². The second kappa shape index (κ2) is 4.98. The summed E-state index contributed by atoms with van der Waals surface area (Å²) in [5.74, 6) is 0. The highest BCUT2D eigenvalue weighted by molar-refractivity contribution is 5.73. The van der Waals surface area contributed by atoms with Crippen LogP contribution in [0.3, 0.4) is 0 Å². The largest absolute Gasteiger partial charge is 0.352 e. The third kappa shape index (κ3) is 2.01. The van der Waals surface area contributed by atoms with Gasteiger partial charge in [-0.25, -0.2) is 23.9 Å². The summed E-state index contributed by atoms with van der Waals surface area (Å²) in [4.78, 5) is 25.0. The molecule has 0 saturated carbocycles. The second-order valence-electron chi connectivity index (χ2n) is 5.64. The predicted molar refractivity (Wildman–Crippen MR) is 88.9 cm³/mol. The number of benzene rings is 2. The van der Waals surface area contributed by atoms with Gasteiger partial charge in [0.15, 0.2) is 0 Å². The van der Waals surface area contributed by atoms with Crippen molar-refractivity contribution in [1.29, 1.82) is 0 Å². The van der Waals surface area contributed by atoms with E-state index in [4.69, 9.17) is 0 Å². The summed E-state index contributed by atoms with van der Waals surface area (Å²) < 4.78 is 2.54. The molecule has 0 aliphatic heterocycles. The maximum Gasteiger partial charge on any atom is 0.352 e. The van der Waals surface area contributed by atoms with Crippen LogP contribution in [0.1, 0.15) is 17.2 Å². The van der Waals surface area contributed by atoms with Crippen molar-refractivity contribution in [3.05, 3.63) is 93.3 Å². The monoisotopic (exact) mass is 305 g/mol. The summed E-state index contributed by atoms with van der Waals surface area (Å²) in [6, 6.07) is 16.6.